The molecule has 3 nitrogen and oxygen atoms in total. The molecular formula is C17H18N2O. The van der Waals surface area contributed by atoms with Crippen LogP contribution in [0.3, 0.4) is 0 Å². The van der Waals surface area contributed by atoms with Crippen molar-refractivity contribution in [1.29, 1.82) is 0 Å². The van der Waals surface area contributed by atoms with Crippen molar-refractivity contribution in [1.82, 2.24) is 5.32 Å². The zero-order chi connectivity index (χ0) is 13.8. The minimum Gasteiger partial charge on any atom is -0.326 e. The summed E-state index contributed by atoms with van der Waals surface area (Å²) >= 11 is 0. The van der Waals surface area contributed by atoms with Crippen molar-refractivity contribution in [2.24, 2.45) is 5.92 Å². The summed E-state index contributed by atoms with van der Waals surface area (Å²) in [4.78, 5) is 12.1. The van der Waals surface area contributed by atoms with Crippen LogP contribution in [-0.2, 0) is 4.79 Å². The predicted octanol–water partition coefficient (Wildman–Crippen LogP) is 2.90. The van der Waals surface area contributed by atoms with Gasteiger partial charge < -0.3 is 10.6 Å². The van der Waals surface area contributed by atoms with E-state index in [0.717, 1.165) is 29.9 Å². The van der Waals surface area contributed by atoms with Gasteiger partial charge in [-0.1, -0.05) is 48.5 Å². The van der Waals surface area contributed by atoms with Gasteiger partial charge in [-0.15, -0.1) is 0 Å². The van der Waals surface area contributed by atoms with Crippen molar-refractivity contribution in [2.75, 3.05) is 18.4 Å². The molecule has 102 valence electrons. The van der Waals surface area contributed by atoms with Crippen LogP contribution in [0, 0.1) is 5.92 Å². The van der Waals surface area contributed by atoms with Gasteiger partial charge in [-0.05, 0) is 30.6 Å². The molecule has 2 N–H and O–H groups in total. The Kier molecular flexibility index (Phi) is 3.79. The summed E-state index contributed by atoms with van der Waals surface area (Å²) in [5.74, 6) is 0.582. The second-order valence-corrected chi connectivity index (χ2v) is 5.19. The van der Waals surface area contributed by atoms with E-state index >= 15 is 0 Å². The summed E-state index contributed by atoms with van der Waals surface area (Å²) in [6, 6.07) is 18.1. The van der Waals surface area contributed by atoms with Crippen LogP contribution in [0.15, 0.2) is 54.6 Å². The Bertz CT molecular complexity index is 591. The summed E-state index contributed by atoms with van der Waals surface area (Å²) in [5, 5.41) is 6.23. The van der Waals surface area contributed by atoms with E-state index in [2.05, 4.69) is 22.8 Å². The normalized spacial score (nSPS) is 14.6. The average molecular weight is 266 g/mol. The average Bonchev–Trinajstić information content (AvgIpc) is 2.45. The van der Waals surface area contributed by atoms with E-state index < -0.39 is 0 Å². The fourth-order valence-corrected chi connectivity index (χ4v) is 2.42. The second-order valence-electron chi connectivity index (χ2n) is 5.19. The Morgan fingerprint density at radius 1 is 1.05 bits per heavy atom. The molecule has 0 radical (unpaired) electrons. The Labute approximate surface area is 119 Å². The van der Waals surface area contributed by atoms with Crippen molar-refractivity contribution in [3.63, 3.8) is 0 Å². The maximum Gasteiger partial charge on any atom is 0.224 e. The van der Waals surface area contributed by atoms with Gasteiger partial charge in [0.1, 0.15) is 0 Å². The zero-order valence-corrected chi connectivity index (χ0v) is 11.3. The molecular weight excluding hydrogens is 248 g/mol. The molecule has 2 aromatic carbocycles. The lowest BCUT2D eigenvalue weighted by atomic mass is 9.98. The first-order valence-corrected chi connectivity index (χ1v) is 6.98. The molecule has 1 saturated heterocycles. The highest BCUT2D eigenvalue weighted by Crippen LogP contribution is 2.27. The van der Waals surface area contributed by atoms with E-state index in [1.54, 1.807) is 0 Å². The lowest BCUT2D eigenvalue weighted by Gasteiger charge is -2.26. The minimum atomic E-state index is 0.0971. The molecule has 1 fully saturated rings. The zero-order valence-electron chi connectivity index (χ0n) is 11.3. The van der Waals surface area contributed by atoms with Crippen LogP contribution in [0.1, 0.15) is 6.42 Å². The molecule has 0 saturated carbocycles. The van der Waals surface area contributed by atoms with Gasteiger partial charge in [0, 0.05) is 17.7 Å². The number of amides is 1. The number of carbonyl (C=O) groups excluding carboxylic acids is 1. The van der Waals surface area contributed by atoms with E-state index in [-0.39, 0.29) is 5.91 Å². The van der Waals surface area contributed by atoms with Gasteiger partial charge in [-0.3, -0.25) is 4.79 Å². The third-order valence-corrected chi connectivity index (χ3v) is 3.63. The fourth-order valence-electron chi connectivity index (χ4n) is 2.42. The van der Waals surface area contributed by atoms with Gasteiger partial charge in [0.05, 0.1) is 0 Å². The molecule has 0 unspecified atom stereocenters. The van der Waals surface area contributed by atoms with Gasteiger partial charge in [-0.2, -0.15) is 0 Å². The highest BCUT2D eigenvalue weighted by Gasteiger charge is 2.20. The molecule has 1 amide bonds. The number of para-hydroxylation sites is 1. The van der Waals surface area contributed by atoms with Crippen molar-refractivity contribution in [3.8, 4) is 11.1 Å². The number of anilines is 1. The third-order valence-electron chi connectivity index (χ3n) is 3.63. The highest BCUT2D eigenvalue weighted by molar-refractivity contribution is 5.95. The minimum absolute atomic E-state index is 0.0971. The van der Waals surface area contributed by atoms with E-state index in [4.69, 9.17) is 0 Å². The van der Waals surface area contributed by atoms with Crippen molar-refractivity contribution in [2.45, 2.75) is 6.42 Å². The maximum absolute atomic E-state index is 12.1. The SMILES string of the molecule is O=C(CC1CNC1)Nc1ccccc1-c1ccccc1. The Morgan fingerprint density at radius 3 is 2.45 bits per heavy atom. The molecule has 0 aliphatic carbocycles. The molecule has 1 aliphatic rings. The lowest BCUT2D eigenvalue weighted by Crippen LogP contribution is -2.43. The highest BCUT2D eigenvalue weighted by atomic mass is 16.1. The predicted molar refractivity (Wildman–Crippen MR) is 81.5 cm³/mol. The van der Waals surface area contributed by atoms with Gasteiger partial charge in [0.15, 0.2) is 0 Å². The molecule has 3 heteroatoms. The van der Waals surface area contributed by atoms with Gasteiger partial charge >= 0.3 is 0 Å². The van der Waals surface area contributed by atoms with E-state index in [1.165, 1.54) is 0 Å². The Morgan fingerprint density at radius 2 is 1.75 bits per heavy atom. The van der Waals surface area contributed by atoms with Crippen molar-refractivity contribution in [3.05, 3.63) is 54.6 Å². The second kappa shape index (κ2) is 5.88. The molecule has 20 heavy (non-hydrogen) atoms. The summed E-state index contributed by atoms with van der Waals surface area (Å²) in [5.41, 5.74) is 3.07. The maximum atomic E-state index is 12.1. The number of benzene rings is 2. The largest absolute Gasteiger partial charge is 0.326 e. The molecule has 0 bridgehead atoms. The van der Waals surface area contributed by atoms with E-state index in [0.29, 0.717) is 12.3 Å². The Balaban J connectivity index is 1.77. The van der Waals surface area contributed by atoms with Gasteiger partial charge in [-0.25, -0.2) is 0 Å². The number of rotatable bonds is 4. The standard InChI is InChI=1S/C17H18N2O/c20-17(10-13-11-18-12-13)19-16-9-5-4-8-15(16)14-6-2-1-3-7-14/h1-9,13,18H,10-12H2,(H,19,20). The van der Waals surface area contributed by atoms with E-state index in [1.807, 2.05) is 42.5 Å². The monoisotopic (exact) mass is 266 g/mol. The van der Waals surface area contributed by atoms with Crippen molar-refractivity contribution >= 4 is 11.6 Å². The first kappa shape index (κ1) is 12.9. The smallest absolute Gasteiger partial charge is 0.224 e. The molecule has 2 aromatic rings. The third kappa shape index (κ3) is 2.89. The molecule has 1 heterocycles. The number of hydrogen-bond donors (Lipinski definition) is 2. The van der Waals surface area contributed by atoms with Crippen LogP contribution in [0.4, 0.5) is 5.69 Å². The molecule has 0 spiro atoms. The van der Waals surface area contributed by atoms with Crippen LogP contribution in [0.25, 0.3) is 11.1 Å². The fraction of sp³-hybridized carbons (Fsp3) is 0.235. The lowest BCUT2D eigenvalue weighted by molar-refractivity contribution is -0.117. The summed E-state index contributed by atoms with van der Waals surface area (Å²) < 4.78 is 0. The number of carbonyl (C=O) groups is 1. The van der Waals surface area contributed by atoms with E-state index in [9.17, 15) is 4.79 Å². The van der Waals surface area contributed by atoms with Crippen LogP contribution < -0.4 is 10.6 Å². The van der Waals surface area contributed by atoms with Gasteiger partial charge in [0.25, 0.3) is 0 Å². The van der Waals surface area contributed by atoms with Crippen LogP contribution in [0.5, 0.6) is 0 Å². The Hall–Kier alpha value is -2.13. The first-order chi connectivity index (χ1) is 9.83. The van der Waals surface area contributed by atoms with Crippen molar-refractivity contribution < 1.29 is 4.79 Å². The molecule has 0 aromatic heterocycles. The quantitative estimate of drug-likeness (QED) is 0.893. The first-order valence-electron chi connectivity index (χ1n) is 6.98. The van der Waals surface area contributed by atoms with Crippen LogP contribution in [0.2, 0.25) is 0 Å². The van der Waals surface area contributed by atoms with Gasteiger partial charge in [0.2, 0.25) is 5.91 Å². The summed E-state index contributed by atoms with van der Waals surface area (Å²) in [6.07, 6.45) is 0.593. The molecule has 0 atom stereocenters. The summed E-state index contributed by atoms with van der Waals surface area (Å²) in [6.45, 7) is 1.90. The van der Waals surface area contributed by atoms with Crippen LogP contribution >= 0.6 is 0 Å². The number of nitrogens with one attached hydrogen (secondary N) is 2. The number of hydrogen-bond acceptors (Lipinski definition) is 2. The topological polar surface area (TPSA) is 41.1 Å². The summed E-state index contributed by atoms with van der Waals surface area (Å²) in [7, 11) is 0. The molecule has 1 aliphatic heterocycles. The van der Waals surface area contributed by atoms with Crippen LogP contribution in [-0.4, -0.2) is 19.0 Å². The molecule has 3 rings (SSSR count).